The van der Waals surface area contributed by atoms with Crippen LogP contribution in [0, 0.1) is 25.7 Å². The molecule has 3 rings (SSSR count). The average Bonchev–Trinajstić information content (AvgIpc) is 3.01. The van der Waals surface area contributed by atoms with Gasteiger partial charge in [0.25, 0.3) is 11.8 Å². The second-order valence-electron chi connectivity index (χ2n) is 6.30. The van der Waals surface area contributed by atoms with Gasteiger partial charge in [0.1, 0.15) is 0 Å². The standard InChI is InChI=1S/C17H21NO3/c1-10-6-7-11(2)15-14(10)16(20)18(17(15)21)8-12-4-3-5-13(12)9-19/h6-7,12-13,19H,3-5,8-9H2,1-2H3. The molecule has 1 aromatic carbocycles. The van der Waals surface area contributed by atoms with E-state index in [1.54, 1.807) is 0 Å². The summed E-state index contributed by atoms with van der Waals surface area (Å²) in [5.41, 5.74) is 2.86. The second-order valence-corrected chi connectivity index (χ2v) is 6.30. The Morgan fingerprint density at radius 2 is 1.57 bits per heavy atom. The maximum absolute atomic E-state index is 12.6. The normalized spacial score (nSPS) is 24.8. The molecule has 2 unspecified atom stereocenters. The molecule has 0 bridgehead atoms. The van der Waals surface area contributed by atoms with Crippen LogP contribution in [0.2, 0.25) is 0 Å². The third kappa shape index (κ3) is 2.18. The summed E-state index contributed by atoms with van der Waals surface area (Å²) in [5, 5.41) is 9.42. The molecule has 0 saturated heterocycles. The number of rotatable bonds is 3. The monoisotopic (exact) mass is 287 g/mol. The predicted molar refractivity (Wildman–Crippen MR) is 79.2 cm³/mol. The van der Waals surface area contributed by atoms with Crippen LogP contribution in [-0.2, 0) is 0 Å². The van der Waals surface area contributed by atoms with Gasteiger partial charge in [-0.1, -0.05) is 18.6 Å². The fourth-order valence-electron chi connectivity index (χ4n) is 3.72. The Morgan fingerprint density at radius 1 is 1.05 bits per heavy atom. The first kappa shape index (κ1) is 14.3. The molecule has 1 heterocycles. The third-order valence-corrected chi connectivity index (χ3v) is 5.01. The number of carbonyl (C=O) groups is 2. The number of aliphatic hydroxyl groups is 1. The molecular formula is C17H21NO3. The molecule has 4 nitrogen and oxygen atoms in total. The number of amides is 2. The van der Waals surface area contributed by atoms with Gasteiger partial charge in [0, 0.05) is 13.2 Å². The van der Waals surface area contributed by atoms with Crippen molar-refractivity contribution in [2.24, 2.45) is 11.8 Å². The minimum Gasteiger partial charge on any atom is -0.396 e. The van der Waals surface area contributed by atoms with Crippen molar-refractivity contribution in [1.82, 2.24) is 4.90 Å². The minimum atomic E-state index is -0.167. The van der Waals surface area contributed by atoms with E-state index in [1.807, 2.05) is 26.0 Å². The maximum atomic E-state index is 12.6. The summed E-state index contributed by atoms with van der Waals surface area (Å²) in [7, 11) is 0. The van der Waals surface area contributed by atoms with E-state index in [0.717, 1.165) is 30.4 Å². The van der Waals surface area contributed by atoms with Crippen molar-refractivity contribution in [3.05, 3.63) is 34.4 Å². The zero-order valence-electron chi connectivity index (χ0n) is 12.6. The van der Waals surface area contributed by atoms with Gasteiger partial charge in [-0.3, -0.25) is 14.5 Å². The highest BCUT2D eigenvalue weighted by molar-refractivity contribution is 6.22. The Kier molecular flexibility index (Phi) is 3.57. The number of nitrogens with zero attached hydrogens (tertiary/aromatic N) is 1. The lowest BCUT2D eigenvalue weighted by molar-refractivity contribution is 0.0601. The fraction of sp³-hybridized carbons (Fsp3) is 0.529. The van der Waals surface area contributed by atoms with Crippen molar-refractivity contribution in [2.45, 2.75) is 33.1 Å². The van der Waals surface area contributed by atoms with E-state index in [2.05, 4.69) is 0 Å². The zero-order valence-corrected chi connectivity index (χ0v) is 12.6. The van der Waals surface area contributed by atoms with Gasteiger partial charge in [-0.25, -0.2) is 0 Å². The number of fused-ring (bicyclic) bond motifs is 1. The van der Waals surface area contributed by atoms with Gasteiger partial charge in [0.05, 0.1) is 11.1 Å². The number of imide groups is 1. The molecule has 1 N–H and O–H groups in total. The fourth-order valence-corrected chi connectivity index (χ4v) is 3.72. The number of hydrogen-bond acceptors (Lipinski definition) is 3. The van der Waals surface area contributed by atoms with Gasteiger partial charge < -0.3 is 5.11 Å². The molecule has 1 aliphatic heterocycles. The first-order valence-corrected chi connectivity index (χ1v) is 7.61. The van der Waals surface area contributed by atoms with Crippen molar-refractivity contribution in [2.75, 3.05) is 13.2 Å². The van der Waals surface area contributed by atoms with E-state index in [-0.39, 0.29) is 30.3 Å². The van der Waals surface area contributed by atoms with E-state index in [9.17, 15) is 14.7 Å². The van der Waals surface area contributed by atoms with Gasteiger partial charge >= 0.3 is 0 Å². The molecule has 0 aromatic heterocycles. The summed E-state index contributed by atoms with van der Waals surface area (Å²) in [6, 6.07) is 3.80. The Bertz CT molecular complexity index is 567. The largest absolute Gasteiger partial charge is 0.396 e. The molecule has 0 spiro atoms. The number of hydrogen-bond donors (Lipinski definition) is 1. The van der Waals surface area contributed by atoms with Gasteiger partial charge in [0.15, 0.2) is 0 Å². The summed E-state index contributed by atoms with van der Waals surface area (Å²) >= 11 is 0. The van der Waals surface area contributed by atoms with E-state index in [1.165, 1.54) is 4.90 Å². The summed E-state index contributed by atoms with van der Waals surface area (Å²) in [4.78, 5) is 26.6. The molecule has 0 radical (unpaired) electrons. The van der Waals surface area contributed by atoms with Crippen LogP contribution in [0.4, 0.5) is 0 Å². The molecule has 1 aliphatic carbocycles. The van der Waals surface area contributed by atoms with E-state index >= 15 is 0 Å². The molecule has 2 aliphatic rings. The summed E-state index contributed by atoms with van der Waals surface area (Å²) < 4.78 is 0. The molecule has 112 valence electrons. The SMILES string of the molecule is Cc1ccc(C)c2c1C(=O)N(CC1CCCC1CO)C2=O. The molecule has 1 saturated carbocycles. The Morgan fingerprint density at radius 3 is 2.10 bits per heavy atom. The lowest BCUT2D eigenvalue weighted by Gasteiger charge is -2.23. The lowest BCUT2D eigenvalue weighted by Crippen LogP contribution is -2.36. The molecule has 21 heavy (non-hydrogen) atoms. The van der Waals surface area contributed by atoms with E-state index in [0.29, 0.717) is 17.7 Å². The molecule has 2 amide bonds. The smallest absolute Gasteiger partial charge is 0.261 e. The van der Waals surface area contributed by atoms with Gasteiger partial charge in [0.2, 0.25) is 0 Å². The van der Waals surface area contributed by atoms with Crippen molar-refractivity contribution in [3.8, 4) is 0 Å². The summed E-state index contributed by atoms with van der Waals surface area (Å²) in [5.74, 6) is 0.119. The molecule has 1 fully saturated rings. The number of benzene rings is 1. The van der Waals surface area contributed by atoms with E-state index in [4.69, 9.17) is 0 Å². The second kappa shape index (κ2) is 5.26. The van der Waals surface area contributed by atoms with Crippen molar-refractivity contribution < 1.29 is 14.7 Å². The zero-order chi connectivity index (χ0) is 15.1. The average molecular weight is 287 g/mol. The third-order valence-electron chi connectivity index (χ3n) is 5.01. The number of aliphatic hydroxyl groups excluding tert-OH is 1. The van der Waals surface area contributed by atoms with Crippen LogP contribution in [0.1, 0.15) is 51.1 Å². The van der Waals surface area contributed by atoms with Crippen LogP contribution in [-0.4, -0.2) is 35.0 Å². The van der Waals surface area contributed by atoms with E-state index < -0.39 is 0 Å². The van der Waals surface area contributed by atoms with Crippen molar-refractivity contribution in [1.29, 1.82) is 0 Å². The topological polar surface area (TPSA) is 57.6 Å². The van der Waals surface area contributed by atoms with Crippen LogP contribution in [0.25, 0.3) is 0 Å². The molecule has 2 atom stereocenters. The summed E-state index contributed by atoms with van der Waals surface area (Å²) in [6.45, 7) is 4.33. The highest BCUT2D eigenvalue weighted by Gasteiger charge is 2.40. The van der Waals surface area contributed by atoms with Crippen LogP contribution in [0.15, 0.2) is 12.1 Å². The maximum Gasteiger partial charge on any atom is 0.261 e. The van der Waals surface area contributed by atoms with Crippen molar-refractivity contribution >= 4 is 11.8 Å². The predicted octanol–water partition coefficient (Wildman–Crippen LogP) is 2.31. The number of carbonyl (C=O) groups excluding carboxylic acids is 2. The van der Waals surface area contributed by atoms with Crippen LogP contribution in [0.5, 0.6) is 0 Å². The van der Waals surface area contributed by atoms with Crippen LogP contribution >= 0.6 is 0 Å². The minimum absolute atomic E-state index is 0.145. The Balaban J connectivity index is 1.90. The Hall–Kier alpha value is -1.68. The Labute approximate surface area is 124 Å². The lowest BCUT2D eigenvalue weighted by atomic mass is 9.96. The first-order chi connectivity index (χ1) is 10.0. The van der Waals surface area contributed by atoms with Crippen LogP contribution in [0.3, 0.4) is 0 Å². The molecule has 1 aromatic rings. The van der Waals surface area contributed by atoms with Crippen molar-refractivity contribution in [3.63, 3.8) is 0 Å². The molecule has 4 heteroatoms. The summed E-state index contributed by atoms with van der Waals surface area (Å²) in [6.07, 6.45) is 3.04. The van der Waals surface area contributed by atoms with Gasteiger partial charge in [-0.2, -0.15) is 0 Å². The van der Waals surface area contributed by atoms with Crippen LogP contribution < -0.4 is 0 Å². The first-order valence-electron chi connectivity index (χ1n) is 7.61. The highest BCUT2D eigenvalue weighted by atomic mass is 16.3. The van der Waals surface area contributed by atoms with Gasteiger partial charge in [-0.15, -0.1) is 0 Å². The number of aryl methyl sites for hydroxylation is 2. The highest BCUT2D eigenvalue weighted by Crippen LogP contribution is 2.35. The quantitative estimate of drug-likeness (QED) is 0.868. The van der Waals surface area contributed by atoms with Gasteiger partial charge in [-0.05, 0) is 49.7 Å². The molecular weight excluding hydrogens is 266 g/mol.